The number of benzene rings is 1. The van der Waals surface area contributed by atoms with Crippen LogP contribution in [-0.4, -0.2) is 45.7 Å². The molecule has 30 heavy (non-hydrogen) atoms. The number of nitrogens with one attached hydrogen (secondary N) is 1. The second kappa shape index (κ2) is 8.74. The highest BCUT2D eigenvalue weighted by Gasteiger charge is 2.37. The van der Waals surface area contributed by atoms with E-state index in [1.165, 1.54) is 30.5 Å². The van der Waals surface area contributed by atoms with Gasteiger partial charge in [0, 0.05) is 23.9 Å². The Hall–Kier alpha value is -3.07. The van der Waals surface area contributed by atoms with Gasteiger partial charge in [0.1, 0.15) is 16.5 Å². The number of carbonyl (C=O) groups excluding carboxylic acids is 3. The Bertz CT molecular complexity index is 1000. The molecule has 1 atom stereocenters. The Morgan fingerprint density at radius 3 is 2.53 bits per heavy atom. The van der Waals surface area contributed by atoms with Crippen LogP contribution in [0, 0.1) is 19.8 Å². The molecule has 0 saturated carbocycles. The number of methoxy groups -OCH3 is 3. The van der Waals surface area contributed by atoms with Gasteiger partial charge in [0.2, 0.25) is 11.8 Å². The number of amides is 2. The van der Waals surface area contributed by atoms with Crippen molar-refractivity contribution in [3.05, 3.63) is 34.2 Å². The van der Waals surface area contributed by atoms with Gasteiger partial charge in [-0.2, -0.15) is 0 Å². The van der Waals surface area contributed by atoms with Crippen LogP contribution in [0.1, 0.15) is 27.2 Å². The molecule has 8 nitrogen and oxygen atoms in total. The van der Waals surface area contributed by atoms with Crippen LogP contribution in [0.15, 0.2) is 18.2 Å². The molecular formula is C21H24N2O6S. The molecule has 2 amide bonds. The molecule has 0 spiro atoms. The van der Waals surface area contributed by atoms with E-state index >= 15 is 0 Å². The monoisotopic (exact) mass is 432 g/mol. The highest BCUT2D eigenvalue weighted by molar-refractivity contribution is 7.16. The molecule has 1 aromatic heterocycles. The number of thiophene rings is 1. The maximum atomic E-state index is 12.9. The minimum atomic E-state index is -0.558. The number of aryl methyl sites for hydroxylation is 1. The van der Waals surface area contributed by atoms with Crippen molar-refractivity contribution < 1.29 is 28.6 Å². The second-order valence-corrected chi connectivity index (χ2v) is 8.14. The van der Waals surface area contributed by atoms with Gasteiger partial charge in [0.25, 0.3) is 0 Å². The summed E-state index contributed by atoms with van der Waals surface area (Å²) in [6, 6.07) is 5.16. The lowest BCUT2D eigenvalue weighted by molar-refractivity contribution is -0.122. The van der Waals surface area contributed by atoms with Crippen LogP contribution in [0.2, 0.25) is 0 Å². The van der Waals surface area contributed by atoms with E-state index in [4.69, 9.17) is 14.2 Å². The fourth-order valence-electron chi connectivity index (χ4n) is 3.40. The van der Waals surface area contributed by atoms with Crippen molar-refractivity contribution in [3.8, 4) is 11.5 Å². The van der Waals surface area contributed by atoms with E-state index in [9.17, 15) is 14.4 Å². The molecule has 1 N–H and O–H groups in total. The summed E-state index contributed by atoms with van der Waals surface area (Å²) >= 11 is 1.31. The third kappa shape index (κ3) is 3.97. The Labute approximate surface area is 178 Å². The van der Waals surface area contributed by atoms with Gasteiger partial charge in [-0.25, -0.2) is 4.79 Å². The van der Waals surface area contributed by atoms with Gasteiger partial charge in [-0.15, -0.1) is 11.3 Å². The van der Waals surface area contributed by atoms with Gasteiger partial charge in [-0.05, 0) is 31.5 Å². The van der Waals surface area contributed by atoms with Gasteiger partial charge in [-0.3, -0.25) is 9.59 Å². The Balaban J connectivity index is 1.80. The van der Waals surface area contributed by atoms with Crippen molar-refractivity contribution in [3.63, 3.8) is 0 Å². The summed E-state index contributed by atoms with van der Waals surface area (Å²) in [5.74, 6) is -0.455. The summed E-state index contributed by atoms with van der Waals surface area (Å²) in [5, 5.41) is 3.26. The minimum Gasteiger partial charge on any atom is -0.497 e. The first-order valence-corrected chi connectivity index (χ1v) is 10.1. The molecule has 2 heterocycles. The fraction of sp³-hybridized carbons (Fsp3) is 0.381. The third-order valence-corrected chi connectivity index (χ3v) is 6.31. The normalized spacial score (nSPS) is 15.8. The Kier molecular flexibility index (Phi) is 6.31. The van der Waals surface area contributed by atoms with E-state index < -0.39 is 11.9 Å². The first kappa shape index (κ1) is 21.6. The van der Waals surface area contributed by atoms with Crippen LogP contribution in [0.25, 0.3) is 0 Å². The molecule has 1 unspecified atom stereocenters. The highest BCUT2D eigenvalue weighted by Crippen LogP contribution is 2.37. The molecule has 1 saturated heterocycles. The van der Waals surface area contributed by atoms with Crippen molar-refractivity contribution in [1.29, 1.82) is 0 Å². The molecule has 0 bridgehead atoms. The molecule has 3 rings (SSSR count). The van der Waals surface area contributed by atoms with Gasteiger partial charge in [0.15, 0.2) is 0 Å². The molecule has 0 radical (unpaired) electrons. The van der Waals surface area contributed by atoms with Crippen molar-refractivity contribution in [1.82, 2.24) is 0 Å². The summed E-state index contributed by atoms with van der Waals surface area (Å²) in [6.45, 7) is 3.90. The maximum absolute atomic E-state index is 12.9. The largest absolute Gasteiger partial charge is 0.497 e. The lowest BCUT2D eigenvalue weighted by Crippen LogP contribution is -2.28. The molecular weight excluding hydrogens is 408 g/mol. The number of hydrogen-bond acceptors (Lipinski definition) is 7. The SMILES string of the molecule is COC(=O)c1c(NC(=O)C2CC(=O)N(c3ccc(OC)cc3OC)C2)sc(C)c1C. The lowest BCUT2D eigenvalue weighted by Gasteiger charge is -2.20. The molecule has 1 aliphatic rings. The van der Waals surface area contributed by atoms with Crippen molar-refractivity contribution in [2.45, 2.75) is 20.3 Å². The maximum Gasteiger partial charge on any atom is 0.341 e. The fourth-order valence-corrected chi connectivity index (χ4v) is 4.45. The van der Waals surface area contributed by atoms with Crippen LogP contribution in [0.3, 0.4) is 0 Å². The molecule has 1 aliphatic heterocycles. The van der Waals surface area contributed by atoms with E-state index in [0.29, 0.717) is 27.8 Å². The van der Waals surface area contributed by atoms with E-state index in [0.717, 1.165) is 10.4 Å². The minimum absolute atomic E-state index is 0.0674. The van der Waals surface area contributed by atoms with Crippen LogP contribution in [-0.2, 0) is 14.3 Å². The van der Waals surface area contributed by atoms with Gasteiger partial charge >= 0.3 is 5.97 Å². The Morgan fingerprint density at radius 2 is 1.90 bits per heavy atom. The number of carbonyl (C=O) groups is 3. The number of hydrogen-bond donors (Lipinski definition) is 1. The smallest absolute Gasteiger partial charge is 0.341 e. The summed E-state index contributed by atoms with van der Waals surface area (Å²) in [7, 11) is 4.36. The molecule has 2 aromatic rings. The zero-order valence-corrected chi connectivity index (χ0v) is 18.3. The number of anilines is 2. The van der Waals surface area contributed by atoms with Gasteiger partial charge < -0.3 is 24.4 Å². The quantitative estimate of drug-likeness (QED) is 0.705. The number of esters is 1. The predicted molar refractivity (Wildman–Crippen MR) is 114 cm³/mol. The topological polar surface area (TPSA) is 94.2 Å². The van der Waals surface area contributed by atoms with Crippen molar-refractivity contribution in [2.75, 3.05) is 38.1 Å². The van der Waals surface area contributed by atoms with Crippen molar-refractivity contribution in [2.24, 2.45) is 5.92 Å². The first-order chi connectivity index (χ1) is 14.3. The second-order valence-electron chi connectivity index (χ2n) is 6.91. The number of rotatable bonds is 6. The van der Waals surface area contributed by atoms with Crippen LogP contribution in [0.5, 0.6) is 11.5 Å². The van der Waals surface area contributed by atoms with Crippen LogP contribution in [0.4, 0.5) is 10.7 Å². The Morgan fingerprint density at radius 1 is 1.17 bits per heavy atom. The predicted octanol–water partition coefficient (Wildman–Crippen LogP) is 3.16. The van der Waals surface area contributed by atoms with Crippen LogP contribution < -0.4 is 19.7 Å². The highest BCUT2D eigenvalue weighted by atomic mass is 32.1. The van der Waals surface area contributed by atoms with Crippen LogP contribution >= 0.6 is 11.3 Å². The van der Waals surface area contributed by atoms with Gasteiger partial charge in [0.05, 0.1) is 38.5 Å². The number of nitrogens with zero attached hydrogens (tertiary/aromatic N) is 1. The van der Waals surface area contributed by atoms with Gasteiger partial charge in [-0.1, -0.05) is 0 Å². The standard InChI is InChI=1S/C21H24N2O6S/c1-11-12(2)30-20(18(11)21(26)29-5)22-19(25)13-8-17(24)23(10-13)15-7-6-14(27-3)9-16(15)28-4/h6-7,9,13H,8,10H2,1-5H3,(H,22,25). The average Bonchev–Trinajstić information content (AvgIpc) is 3.26. The average molecular weight is 432 g/mol. The summed E-state index contributed by atoms with van der Waals surface area (Å²) in [6.07, 6.45) is 0.0674. The summed E-state index contributed by atoms with van der Waals surface area (Å²) in [5.41, 5.74) is 1.71. The van der Waals surface area contributed by atoms with E-state index in [2.05, 4.69) is 5.32 Å². The zero-order valence-electron chi connectivity index (χ0n) is 17.5. The first-order valence-electron chi connectivity index (χ1n) is 9.32. The molecule has 1 fully saturated rings. The zero-order chi connectivity index (χ0) is 22.0. The lowest BCUT2D eigenvalue weighted by atomic mass is 10.1. The summed E-state index contributed by atoms with van der Waals surface area (Å²) < 4.78 is 15.4. The summed E-state index contributed by atoms with van der Waals surface area (Å²) in [4.78, 5) is 40.1. The third-order valence-electron chi connectivity index (χ3n) is 5.19. The molecule has 1 aromatic carbocycles. The van der Waals surface area contributed by atoms with E-state index in [-0.39, 0.29) is 24.8 Å². The van der Waals surface area contributed by atoms with Crippen molar-refractivity contribution >= 4 is 39.8 Å². The molecule has 160 valence electrons. The van der Waals surface area contributed by atoms with E-state index in [1.807, 2.05) is 13.8 Å². The molecule has 9 heteroatoms. The number of ether oxygens (including phenoxy) is 3. The van der Waals surface area contributed by atoms with E-state index in [1.54, 1.807) is 25.3 Å². The molecule has 0 aliphatic carbocycles.